The molecule has 1 fully saturated rings. The van der Waals surface area contributed by atoms with Gasteiger partial charge in [0.25, 0.3) is 0 Å². The van der Waals surface area contributed by atoms with Crippen LogP contribution in [0, 0.1) is 4.91 Å². The Morgan fingerprint density at radius 2 is 2.12 bits per heavy atom. The molecule has 2 N–H and O–H groups in total. The van der Waals surface area contributed by atoms with Gasteiger partial charge in [-0.25, -0.2) is 9.97 Å². The van der Waals surface area contributed by atoms with Crippen LogP contribution >= 0.6 is 0 Å². The van der Waals surface area contributed by atoms with Crippen molar-refractivity contribution in [1.29, 1.82) is 0 Å². The maximum absolute atomic E-state index is 10.6. The van der Waals surface area contributed by atoms with E-state index in [9.17, 15) is 4.91 Å². The van der Waals surface area contributed by atoms with Gasteiger partial charge in [0.05, 0.1) is 42.0 Å². The van der Waals surface area contributed by atoms with E-state index < -0.39 is 0 Å². The summed E-state index contributed by atoms with van der Waals surface area (Å²) in [7, 11) is 0. The number of aromatic nitrogens is 5. The Balaban J connectivity index is 1.27. The lowest BCUT2D eigenvalue weighted by atomic mass is 10.1. The molecule has 0 aliphatic carbocycles. The Morgan fingerprint density at radius 1 is 1.15 bits per heavy atom. The first kappa shape index (κ1) is 20.3. The smallest absolute Gasteiger partial charge is 0.160 e. The number of morpholine rings is 1. The summed E-state index contributed by atoms with van der Waals surface area (Å²) in [4.78, 5) is 21.9. The number of pyridine rings is 2. The normalized spacial score (nSPS) is 16.2. The molecule has 5 heterocycles. The van der Waals surface area contributed by atoms with E-state index >= 15 is 0 Å². The Morgan fingerprint density at radius 3 is 3.00 bits per heavy atom. The number of nitrogens with one attached hydrogen (secondary N) is 2. The van der Waals surface area contributed by atoms with Gasteiger partial charge in [0.1, 0.15) is 12.4 Å². The number of nitrogens with zero attached hydrogens (tertiary/aromatic N) is 6. The van der Waals surface area contributed by atoms with E-state index in [0.717, 1.165) is 45.6 Å². The average Bonchev–Trinajstić information content (AvgIpc) is 3.54. The minimum absolute atomic E-state index is 0.160. The zero-order chi connectivity index (χ0) is 22.9. The number of anilines is 3. The van der Waals surface area contributed by atoms with E-state index in [1.165, 1.54) is 0 Å². The number of hydrogen-bond acceptors (Lipinski definition) is 8. The molecule has 0 spiro atoms. The zero-order valence-corrected chi connectivity index (χ0v) is 18.3. The molecule has 1 aromatic carbocycles. The molecule has 6 rings (SSSR count). The van der Waals surface area contributed by atoms with E-state index in [1.54, 1.807) is 6.20 Å². The van der Waals surface area contributed by atoms with Crippen LogP contribution in [0.15, 0.2) is 72.6 Å². The topological polar surface area (TPSA) is 113 Å². The molecular formula is C24H22N8O2. The molecule has 0 saturated carbocycles. The molecule has 1 saturated heterocycles. The molecule has 10 heteroatoms. The van der Waals surface area contributed by atoms with Crippen LogP contribution in [0.4, 0.5) is 17.2 Å². The lowest BCUT2D eigenvalue weighted by Crippen LogP contribution is -2.43. The Bertz CT molecular complexity index is 1460. The van der Waals surface area contributed by atoms with Gasteiger partial charge in [-0.2, -0.15) is 10.0 Å². The zero-order valence-electron chi connectivity index (χ0n) is 18.3. The number of aromatic amines is 1. The second-order valence-electron chi connectivity index (χ2n) is 8.25. The number of rotatable bonds is 6. The Kier molecular flexibility index (Phi) is 5.11. The number of nitroso groups, excluding NO2 is 1. The maximum atomic E-state index is 10.6. The van der Waals surface area contributed by atoms with Crippen molar-refractivity contribution in [2.75, 3.05) is 36.5 Å². The first-order valence-corrected chi connectivity index (χ1v) is 11.1. The van der Waals surface area contributed by atoms with Gasteiger partial charge in [0.2, 0.25) is 0 Å². The van der Waals surface area contributed by atoms with Gasteiger partial charge in [-0.05, 0) is 29.8 Å². The van der Waals surface area contributed by atoms with Gasteiger partial charge >= 0.3 is 0 Å². The first-order chi connectivity index (χ1) is 16.8. The fraction of sp³-hybridized carbons (Fsp3) is 0.208. The fourth-order valence-electron chi connectivity index (χ4n) is 4.33. The van der Waals surface area contributed by atoms with E-state index in [1.807, 2.05) is 35.1 Å². The average molecular weight is 454 g/mol. The molecule has 4 aromatic heterocycles. The quantitative estimate of drug-likeness (QED) is 0.373. The van der Waals surface area contributed by atoms with Crippen LogP contribution in [0.1, 0.15) is 0 Å². The lowest BCUT2D eigenvalue weighted by Gasteiger charge is -2.33. The predicted molar refractivity (Wildman–Crippen MR) is 130 cm³/mol. The minimum atomic E-state index is -0.179. The van der Waals surface area contributed by atoms with Crippen molar-refractivity contribution in [2.24, 2.45) is 5.18 Å². The number of benzene rings is 1. The highest BCUT2D eigenvalue weighted by atomic mass is 16.5. The van der Waals surface area contributed by atoms with E-state index in [0.29, 0.717) is 19.0 Å². The summed E-state index contributed by atoms with van der Waals surface area (Å²) in [5.41, 5.74) is 5.77. The summed E-state index contributed by atoms with van der Waals surface area (Å²) in [6.45, 7) is 2.10. The largest absolute Gasteiger partial charge is 0.372 e. The summed E-state index contributed by atoms with van der Waals surface area (Å²) in [5, 5.41) is 14.6. The Labute approximate surface area is 194 Å². The van der Waals surface area contributed by atoms with Crippen molar-refractivity contribution in [3.63, 3.8) is 0 Å². The summed E-state index contributed by atoms with van der Waals surface area (Å²) < 4.78 is 7.59. The van der Waals surface area contributed by atoms with Crippen LogP contribution in [-0.2, 0) is 4.74 Å². The summed E-state index contributed by atoms with van der Waals surface area (Å²) >= 11 is 0. The van der Waals surface area contributed by atoms with E-state index in [2.05, 4.69) is 66.0 Å². The van der Waals surface area contributed by atoms with E-state index in [-0.39, 0.29) is 12.6 Å². The van der Waals surface area contributed by atoms with Gasteiger partial charge in [0, 0.05) is 42.6 Å². The van der Waals surface area contributed by atoms with Crippen LogP contribution in [0.3, 0.4) is 0 Å². The second-order valence-corrected chi connectivity index (χ2v) is 8.25. The third-order valence-corrected chi connectivity index (χ3v) is 6.06. The number of fused-ring (bicyclic) bond motifs is 2. The lowest BCUT2D eigenvalue weighted by molar-refractivity contribution is 0.0467. The van der Waals surface area contributed by atoms with Crippen molar-refractivity contribution < 1.29 is 4.74 Å². The van der Waals surface area contributed by atoms with Crippen LogP contribution in [0.25, 0.3) is 27.7 Å². The summed E-state index contributed by atoms with van der Waals surface area (Å²) in [5.74, 6) is 0.717. The summed E-state index contributed by atoms with van der Waals surface area (Å²) in [6.07, 6.45) is 9.24. The molecule has 0 unspecified atom stereocenters. The molecule has 1 aliphatic heterocycles. The predicted octanol–water partition coefficient (Wildman–Crippen LogP) is 3.99. The van der Waals surface area contributed by atoms with E-state index in [4.69, 9.17) is 4.74 Å². The van der Waals surface area contributed by atoms with Crippen LogP contribution in [0.5, 0.6) is 0 Å². The van der Waals surface area contributed by atoms with Crippen molar-refractivity contribution in [3.05, 3.63) is 72.3 Å². The molecule has 170 valence electrons. The number of ether oxygens (including phenoxy) is 1. The SMILES string of the molecule is O=NC[C@@H]1CN(c2ccc(Nc3cc(-c4ccc5cn[nH]c5c4)cn4ccnc34)nc2)CCO1. The van der Waals surface area contributed by atoms with Gasteiger partial charge in [0.15, 0.2) is 5.65 Å². The minimum Gasteiger partial charge on any atom is -0.372 e. The molecule has 34 heavy (non-hydrogen) atoms. The fourth-order valence-corrected chi connectivity index (χ4v) is 4.33. The molecule has 10 nitrogen and oxygen atoms in total. The second kappa shape index (κ2) is 8.56. The summed E-state index contributed by atoms with van der Waals surface area (Å²) in [6, 6.07) is 12.3. The monoisotopic (exact) mass is 454 g/mol. The third-order valence-electron chi connectivity index (χ3n) is 6.06. The Hall–Kier alpha value is -4.31. The van der Waals surface area contributed by atoms with Gasteiger partial charge in [-0.1, -0.05) is 17.3 Å². The number of imidazole rings is 1. The highest BCUT2D eigenvalue weighted by Crippen LogP contribution is 2.30. The van der Waals surface area contributed by atoms with Gasteiger partial charge in [-0.15, -0.1) is 0 Å². The van der Waals surface area contributed by atoms with Crippen LogP contribution in [0.2, 0.25) is 0 Å². The third kappa shape index (κ3) is 3.84. The number of H-pyrrole nitrogens is 1. The standard InChI is InChI=1S/C24H22N8O2/c33-28-13-20-15-31(7-8-34-20)19-3-4-23(26-12-19)29-22-10-18(14-32-6-5-25-24(22)32)16-1-2-17-11-27-30-21(17)9-16/h1-6,9-12,14,20H,7-8,13,15H2,(H,26,29)(H,27,30)/t20-/m1/s1. The highest BCUT2D eigenvalue weighted by molar-refractivity contribution is 5.86. The molecule has 5 aromatic rings. The molecule has 1 atom stereocenters. The highest BCUT2D eigenvalue weighted by Gasteiger charge is 2.21. The molecule has 1 aliphatic rings. The molecular weight excluding hydrogens is 432 g/mol. The number of hydrogen-bond donors (Lipinski definition) is 2. The van der Waals surface area contributed by atoms with Crippen LogP contribution < -0.4 is 10.2 Å². The van der Waals surface area contributed by atoms with Crippen molar-refractivity contribution in [2.45, 2.75) is 6.10 Å². The molecule has 0 bridgehead atoms. The maximum Gasteiger partial charge on any atom is 0.160 e. The van der Waals surface area contributed by atoms with Gasteiger partial charge < -0.3 is 19.4 Å². The molecule has 0 amide bonds. The van der Waals surface area contributed by atoms with Crippen molar-refractivity contribution in [1.82, 2.24) is 24.6 Å². The van der Waals surface area contributed by atoms with Crippen molar-refractivity contribution >= 4 is 33.7 Å². The van der Waals surface area contributed by atoms with Crippen LogP contribution in [-0.4, -0.2) is 56.9 Å². The first-order valence-electron chi connectivity index (χ1n) is 11.1. The van der Waals surface area contributed by atoms with Gasteiger partial charge in [-0.3, -0.25) is 5.10 Å². The molecule has 0 radical (unpaired) electrons. The van der Waals surface area contributed by atoms with Crippen molar-refractivity contribution in [3.8, 4) is 11.1 Å².